The molecule has 0 atom stereocenters. The van der Waals surface area contributed by atoms with Crippen molar-refractivity contribution in [1.29, 1.82) is 0 Å². The molecule has 0 fully saturated rings. The van der Waals surface area contributed by atoms with E-state index in [-0.39, 0.29) is 0 Å². The number of nitrogens with one attached hydrogen (secondary N) is 1. The number of anilines is 1. The Labute approximate surface area is 168 Å². The van der Waals surface area contributed by atoms with E-state index in [0.717, 1.165) is 17.6 Å². The van der Waals surface area contributed by atoms with Crippen molar-refractivity contribution in [2.45, 2.75) is 6.42 Å². The monoisotopic (exact) mass is 403 g/mol. The van der Waals surface area contributed by atoms with E-state index in [1.807, 2.05) is 30.3 Å². The normalized spacial score (nSPS) is 10.6. The number of hydrogen-bond donors (Lipinski definition) is 1. The lowest BCUT2D eigenvalue weighted by Gasteiger charge is -2.13. The van der Waals surface area contributed by atoms with Gasteiger partial charge < -0.3 is 14.8 Å². The van der Waals surface area contributed by atoms with Crippen LogP contribution in [-0.4, -0.2) is 26.2 Å². The zero-order valence-corrected chi connectivity index (χ0v) is 16.3. The number of methoxy groups -OCH3 is 1. The summed E-state index contributed by atoms with van der Waals surface area (Å²) in [4.78, 5) is 11.9. The van der Waals surface area contributed by atoms with Crippen LogP contribution in [0.15, 0.2) is 54.6 Å². The first-order valence-electron chi connectivity index (χ1n) is 8.51. The molecular weight excluding hydrogens is 385 g/mol. The molecule has 0 radical (unpaired) electrons. The van der Waals surface area contributed by atoms with Crippen LogP contribution in [-0.2, 0) is 4.74 Å². The molecule has 0 aliphatic heterocycles. The molecule has 0 unspecified atom stereocenters. The van der Waals surface area contributed by atoms with Gasteiger partial charge in [0, 0.05) is 11.6 Å². The largest absolute Gasteiger partial charge is 0.494 e. The van der Waals surface area contributed by atoms with Gasteiger partial charge in [-0.25, -0.2) is 4.79 Å². The second-order valence-corrected chi connectivity index (χ2v) is 6.78. The van der Waals surface area contributed by atoms with E-state index >= 15 is 0 Å². The molecule has 0 amide bonds. The number of rotatable bonds is 7. The SMILES string of the molecule is COC(=O)c1cc(Cl)cc(Cl)c1NCCCOc1ccc2ccccc2c1. The molecule has 27 heavy (non-hydrogen) atoms. The standard InChI is InChI=1S/C21H19Cl2NO3/c1-26-21(25)18-12-16(22)13-19(23)20(18)24-9-4-10-27-17-8-7-14-5-2-3-6-15(14)11-17/h2-3,5-8,11-13,24H,4,9-10H2,1H3. The molecule has 0 heterocycles. The van der Waals surface area contributed by atoms with Crippen LogP contribution in [0, 0.1) is 0 Å². The van der Waals surface area contributed by atoms with E-state index in [1.54, 1.807) is 6.07 Å². The molecule has 140 valence electrons. The number of carbonyl (C=O) groups is 1. The van der Waals surface area contributed by atoms with Gasteiger partial charge in [-0.2, -0.15) is 0 Å². The van der Waals surface area contributed by atoms with Gasteiger partial charge in [-0.3, -0.25) is 0 Å². The van der Waals surface area contributed by atoms with Crippen molar-refractivity contribution in [3.8, 4) is 5.75 Å². The molecule has 4 nitrogen and oxygen atoms in total. The van der Waals surface area contributed by atoms with Crippen LogP contribution in [0.2, 0.25) is 10.0 Å². The van der Waals surface area contributed by atoms with Gasteiger partial charge in [0.1, 0.15) is 5.75 Å². The first kappa shape index (κ1) is 19.3. The fourth-order valence-electron chi connectivity index (χ4n) is 2.76. The molecule has 0 saturated carbocycles. The lowest BCUT2D eigenvalue weighted by atomic mass is 10.1. The highest BCUT2D eigenvalue weighted by Gasteiger charge is 2.16. The van der Waals surface area contributed by atoms with Crippen molar-refractivity contribution in [2.75, 3.05) is 25.6 Å². The lowest BCUT2D eigenvalue weighted by molar-refractivity contribution is 0.0602. The summed E-state index contributed by atoms with van der Waals surface area (Å²) in [5, 5.41) is 6.24. The molecule has 3 aromatic carbocycles. The maximum absolute atomic E-state index is 11.9. The topological polar surface area (TPSA) is 47.6 Å². The maximum Gasteiger partial charge on any atom is 0.340 e. The number of benzene rings is 3. The summed E-state index contributed by atoms with van der Waals surface area (Å²) in [5.74, 6) is 0.336. The molecule has 3 aromatic rings. The highest BCUT2D eigenvalue weighted by atomic mass is 35.5. The summed E-state index contributed by atoms with van der Waals surface area (Å²) in [7, 11) is 1.32. The molecule has 0 aromatic heterocycles. The van der Waals surface area contributed by atoms with Gasteiger partial charge in [0.25, 0.3) is 0 Å². The van der Waals surface area contributed by atoms with Gasteiger partial charge >= 0.3 is 5.97 Å². The number of fused-ring (bicyclic) bond motifs is 1. The van der Waals surface area contributed by atoms with Crippen LogP contribution in [0.25, 0.3) is 10.8 Å². The van der Waals surface area contributed by atoms with E-state index < -0.39 is 5.97 Å². The number of esters is 1. The van der Waals surface area contributed by atoms with Gasteiger partial charge in [0.05, 0.1) is 30.0 Å². The van der Waals surface area contributed by atoms with E-state index in [2.05, 4.69) is 17.4 Å². The number of ether oxygens (including phenoxy) is 2. The predicted octanol–water partition coefficient (Wildman–Crippen LogP) is 5.81. The van der Waals surface area contributed by atoms with Crippen LogP contribution in [0.4, 0.5) is 5.69 Å². The van der Waals surface area contributed by atoms with Crippen LogP contribution >= 0.6 is 23.2 Å². The molecule has 0 bridgehead atoms. The second-order valence-electron chi connectivity index (χ2n) is 5.94. The van der Waals surface area contributed by atoms with Crippen molar-refractivity contribution in [2.24, 2.45) is 0 Å². The minimum Gasteiger partial charge on any atom is -0.494 e. The summed E-state index contributed by atoms with van der Waals surface area (Å²) in [6.07, 6.45) is 0.729. The lowest BCUT2D eigenvalue weighted by Crippen LogP contribution is -2.12. The van der Waals surface area contributed by atoms with Crippen molar-refractivity contribution in [3.05, 3.63) is 70.2 Å². The summed E-state index contributed by atoms with van der Waals surface area (Å²) in [6, 6.07) is 17.3. The van der Waals surface area contributed by atoms with E-state index in [9.17, 15) is 4.79 Å². The Morgan fingerprint density at radius 1 is 1.04 bits per heavy atom. The molecule has 0 spiro atoms. The number of hydrogen-bond acceptors (Lipinski definition) is 4. The summed E-state index contributed by atoms with van der Waals surface area (Å²) in [5.41, 5.74) is 0.823. The third-order valence-electron chi connectivity index (χ3n) is 4.07. The van der Waals surface area contributed by atoms with Gasteiger partial charge in [0.15, 0.2) is 0 Å². The van der Waals surface area contributed by atoms with Gasteiger partial charge in [-0.05, 0) is 41.5 Å². The Hall–Kier alpha value is -2.43. The third kappa shape index (κ3) is 4.85. The molecule has 0 aliphatic rings. The van der Waals surface area contributed by atoms with Crippen molar-refractivity contribution < 1.29 is 14.3 Å². The number of carbonyl (C=O) groups excluding carboxylic acids is 1. The molecule has 6 heteroatoms. The van der Waals surface area contributed by atoms with E-state index in [1.165, 1.54) is 18.6 Å². The van der Waals surface area contributed by atoms with Crippen LogP contribution in [0.3, 0.4) is 0 Å². The van der Waals surface area contributed by atoms with Gasteiger partial charge in [0.2, 0.25) is 0 Å². The minimum atomic E-state index is -0.491. The summed E-state index contributed by atoms with van der Waals surface area (Å²) in [6.45, 7) is 1.11. The molecular formula is C21H19Cl2NO3. The minimum absolute atomic E-state index is 0.311. The Morgan fingerprint density at radius 2 is 1.81 bits per heavy atom. The second kappa shape index (κ2) is 8.98. The van der Waals surface area contributed by atoms with Crippen LogP contribution in [0.5, 0.6) is 5.75 Å². The average molecular weight is 404 g/mol. The van der Waals surface area contributed by atoms with Crippen LogP contribution < -0.4 is 10.1 Å². The fraction of sp³-hybridized carbons (Fsp3) is 0.190. The Kier molecular flexibility index (Phi) is 6.43. The Bertz CT molecular complexity index is 959. The first-order valence-corrected chi connectivity index (χ1v) is 9.27. The maximum atomic E-state index is 11.9. The molecule has 1 N–H and O–H groups in total. The van der Waals surface area contributed by atoms with E-state index in [4.69, 9.17) is 32.7 Å². The van der Waals surface area contributed by atoms with Crippen molar-refractivity contribution in [1.82, 2.24) is 0 Å². The number of halogens is 2. The fourth-order valence-corrected chi connectivity index (χ4v) is 3.32. The predicted molar refractivity (Wildman–Crippen MR) is 110 cm³/mol. The summed E-state index contributed by atoms with van der Waals surface area (Å²) < 4.78 is 10.6. The summed E-state index contributed by atoms with van der Waals surface area (Å²) >= 11 is 12.2. The van der Waals surface area contributed by atoms with E-state index in [0.29, 0.717) is 34.4 Å². The van der Waals surface area contributed by atoms with Crippen molar-refractivity contribution >= 4 is 45.6 Å². The molecule has 0 aliphatic carbocycles. The first-order chi connectivity index (χ1) is 13.1. The Morgan fingerprint density at radius 3 is 2.59 bits per heavy atom. The van der Waals surface area contributed by atoms with Crippen LogP contribution in [0.1, 0.15) is 16.8 Å². The zero-order valence-electron chi connectivity index (χ0n) is 14.8. The zero-order chi connectivity index (χ0) is 19.2. The quantitative estimate of drug-likeness (QED) is 0.399. The Balaban J connectivity index is 1.56. The van der Waals surface area contributed by atoms with Gasteiger partial charge in [-0.1, -0.05) is 53.5 Å². The highest BCUT2D eigenvalue weighted by Crippen LogP contribution is 2.30. The average Bonchev–Trinajstić information content (AvgIpc) is 2.68. The van der Waals surface area contributed by atoms with Gasteiger partial charge in [-0.15, -0.1) is 0 Å². The third-order valence-corrected chi connectivity index (χ3v) is 4.59. The molecule has 0 saturated heterocycles. The smallest absolute Gasteiger partial charge is 0.340 e. The highest BCUT2D eigenvalue weighted by molar-refractivity contribution is 6.37. The van der Waals surface area contributed by atoms with Crippen molar-refractivity contribution in [3.63, 3.8) is 0 Å². The molecule has 3 rings (SSSR count).